The predicted octanol–water partition coefficient (Wildman–Crippen LogP) is 5.16. The molecule has 0 saturated heterocycles. The van der Waals surface area contributed by atoms with E-state index in [1.54, 1.807) is 10.6 Å². The van der Waals surface area contributed by atoms with Gasteiger partial charge < -0.3 is 5.32 Å². The molecule has 0 atom stereocenters. The van der Waals surface area contributed by atoms with E-state index in [9.17, 15) is 9.59 Å². The SMILES string of the molecule is C=CCn1c(SCC(=O)NC2CCCCC2)nc2scc(-c3ccc(C)cc3)c2c1=O. The first-order valence-corrected chi connectivity index (χ1v) is 12.6. The zero-order valence-corrected chi connectivity index (χ0v) is 19.4. The molecule has 1 amide bonds. The van der Waals surface area contributed by atoms with Gasteiger partial charge in [0.1, 0.15) is 4.83 Å². The topological polar surface area (TPSA) is 64.0 Å². The first-order chi connectivity index (χ1) is 15.1. The molecule has 0 radical (unpaired) electrons. The highest BCUT2D eigenvalue weighted by Gasteiger charge is 2.19. The van der Waals surface area contributed by atoms with Gasteiger partial charge >= 0.3 is 0 Å². The Morgan fingerprint density at radius 3 is 2.74 bits per heavy atom. The Bertz CT molecular complexity index is 1140. The number of amides is 1. The summed E-state index contributed by atoms with van der Waals surface area (Å²) in [5, 5.41) is 6.32. The monoisotopic (exact) mass is 453 g/mol. The van der Waals surface area contributed by atoms with Gasteiger partial charge in [0.15, 0.2) is 5.16 Å². The smallest absolute Gasteiger partial charge is 0.263 e. The number of benzene rings is 1. The van der Waals surface area contributed by atoms with Crippen molar-refractivity contribution in [3.05, 3.63) is 58.2 Å². The van der Waals surface area contributed by atoms with Crippen molar-refractivity contribution in [1.29, 1.82) is 0 Å². The number of rotatable bonds is 7. The minimum Gasteiger partial charge on any atom is -0.353 e. The number of carbonyl (C=O) groups is 1. The van der Waals surface area contributed by atoms with Crippen molar-refractivity contribution in [3.8, 4) is 11.1 Å². The van der Waals surface area contributed by atoms with Crippen LogP contribution in [0.25, 0.3) is 21.3 Å². The zero-order chi connectivity index (χ0) is 21.8. The maximum atomic E-state index is 13.4. The van der Waals surface area contributed by atoms with Crippen LogP contribution in [0.15, 0.2) is 52.3 Å². The van der Waals surface area contributed by atoms with Crippen molar-refractivity contribution in [3.63, 3.8) is 0 Å². The minimum absolute atomic E-state index is 0.00271. The second kappa shape index (κ2) is 9.83. The molecule has 162 valence electrons. The van der Waals surface area contributed by atoms with Crippen molar-refractivity contribution in [2.24, 2.45) is 0 Å². The minimum atomic E-state index is -0.0862. The van der Waals surface area contributed by atoms with Crippen molar-refractivity contribution in [2.75, 3.05) is 5.75 Å². The molecule has 2 heterocycles. The van der Waals surface area contributed by atoms with E-state index < -0.39 is 0 Å². The Labute approximate surface area is 190 Å². The number of nitrogens with one attached hydrogen (secondary N) is 1. The fraction of sp³-hybridized carbons (Fsp3) is 0.375. The van der Waals surface area contributed by atoms with Crippen LogP contribution in [0.4, 0.5) is 0 Å². The summed E-state index contributed by atoms with van der Waals surface area (Å²) in [7, 11) is 0. The van der Waals surface area contributed by atoms with Crippen molar-refractivity contribution in [2.45, 2.75) is 56.8 Å². The lowest BCUT2D eigenvalue weighted by Crippen LogP contribution is -2.37. The molecular formula is C24H27N3O2S2. The molecule has 5 nitrogen and oxygen atoms in total. The third-order valence-corrected chi connectivity index (χ3v) is 7.48. The fourth-order valence-electron chi connectivity index (χ4n) is 4.00. The number of hydrogen-bond acceptors (Lipinski definition) is 5. The quantitative estimate of drug-likeness (QED) is 0.305. The molecule has 0 aliphatic heterocycles. The number of thioether (sulfide) groups is 1. The van der Waals surface area contributed by atoms with Crippen LogP contribution in [0.3, 0.4) is 0 Å². The second-order valence-corrected chi connectivity index (χ2v) is 9.79. The Morgan fingerprint density at radius 2 is 2.03 bits per heavy atom. The third kappa shape index (κ3) is 4.93. The van der Waals surface area contributed by atoms with Gasteiger partial charge in [0, 0.05) is 23.5 Å². The molecule has 4 rings (SSSR count). The first-order valence-electron chi connectivity index (χ1n) is 10.7. The Balaban J connectivity index is 1.60. The lowest BCUT2D eigenvalue weighted by Gasteiger charge is -2.22. The van der Waals surface area contributed by atoms with Crippen LogP contribution >= 0.6 is 23.1 Å². The summed E-state index contributed by atoms with van der Waals surface area (Å²) >= 11 is 2.79. The van der Waals surface area contributed by atoms with Gasteiger partial charge in [-0.25, -0.2) is 4.98 Å². The highest BCUT2D eigenvalue weighted by molar-refractivity contribution is 7.99. The molecule has 0 spiro atoms. The van der Waals surface area contributed by atoms with Crippen LogP contribution < -0.4 is 10.9 Å². The summed E-state index contributed by atoms with van der Waals surface area (Å²) in [5.74, 6) is 0.254. The summed E-state index contributed by atoms with van der Waals surface area (Å²) < 4.78 is 1.62. The Morgan fingerprint density at radius 1 is 1.29 bits per heavy atom. The van der Waals surface area contributed by atoms with Crippen LogP contribution in [0.1, 0.15) is 37.7 Å². The molecule has 1 fully saturated rings. The number of fused-ring (bicyclic) bond motifs is 1. The van der Waals surface area contributed by atoms with Crippen LogP contribution in [0, 0.1) is 6.92 Å². The highest BCUT2D eigenvalue weighted by atomic mass is 32.2. The molecule has 7 heteroatoms. The van der Waals surface area contributed by atoms with E-state index in [1.165, 1.54) is 47.9 Å². The summed E-state index contributed by atoms with van der Waals surface area (Å²) in [5.41, 5.74) is 3.00. The summed E-state index contributed by atoms with van der Waals surface area (Å²) in [6.07, 6.45) is 7.41. The van der Waals surface area contributed by atoms with Gasteiger partial charge in [-0.2, -0.15) is 0 Å². The second-order valence-electron chi connectivity index (χ2n) is 7.99. The maximum absolute atomic E-state index is 13.4. The molecule has 3 aromatic rings. The van der Waals surface area contributed by atoms with E-state index in [-0.39, 0.29) is 23.3 Å². The number of allylic oxidation sites excluding steroid dienone is 1. The molecule has 31 heavy (non-hydrogen) atoms. The first kappa shape index (κ1) is 21.8. The predicted molar refractivity (Wildman–Crippen MR) is 130 cm³/mol. The van der Waals surface area contributed by atoms with E-state index >= 15 is 0 Å². The van der Waals surface area contributed by atoms with Crippen LogP contribution in [-0.4, -0.2) is 27.3 Å². The van der Waals surface area contributed by atoms with E-state index in [1.807, 2.05) is 36.6 Å². The average Bonchev–Trinajstić information content (AvgIpc) is 3.20. The summed E-state index contributed by atoms with van der Waals surface area (Å²) in [6.45, 7) is 6.20. The number of aromatic nitrogens is 2. The maximum Gasteiger partial charge on any atom is 0.263 e. The van der Waals surface area contributed by atoms with Crippen LogP contribution in [-0.2, 0) is 11.3 Å². The molecule has 0 bridgehead atoms. The standard InChI is InChI=1S/C24H27N3O2S2/c1-3-13-27-23(29)21-19(17-11-9-16(2)10-12-17)14-30-22(21)26-24(27)31-15-20(28)25-18-7-5-4-6-8-18/h3,9-12,14,18H,1,4-8,13,15H2,2H3,(H,25,28). The molecule has 0 unspecified atom stereocenters. The van der Waals surface area contributed by atoms with Gasteiger partial charge in [-0.3, -0.25) is 14.2 Å². The number of carbonyl (C=O) groups excluding carboxylic acids is 1. The fourth-order valence-corrected chi connectivity index (χ4v) is 5.81. The number of thiophene rings is 1. The van der Waals surface area contributed by atoms with E-state index in [0.29, 0.717) is 21.9 Å². The lowest BCUT2D eigenvalue weighted by atomic mass is 9.95. The normalized spacial score (nSPS) is 14.6. The Kier molecular flexibility index (Phi) is 6.92. The van der Waals surface area contributed by atoms with Crippen LogP contribution in [0.2, 0.25) is 0 Å². The molecule has 1 aliphatic carbocycles. The van der Waals surface area contributed by atoms with Gasteiger partial charge in [-0.15, -0.1) is 17.9 Å². The molecular weight excluding hydrogens is 426 g/mol. The molecule has 1 aromatic carbocycles. The molecule has 1 N–H and O–H groups in total. The number of aryl methyl sites for hydroxylation is 1. The lowest BCUT2D eigenvalue weighted by molar-refractivity contribution is -0.119. The summed E-state index contributed by atoms with van der Waals surface area (Å²) in [4.78, 5) is 31.3. The molecule has 1 aliphatic rings. The van der Waals surface area contributed by atoms with E-state index in [4.69, 9.17) is 4.98 Å². The molecule has 1 saturated carbocycles. The van der Waals surface area contributed by atoms with Crippen molar-refractivity contribution >= 4 is 39.2 Å². The number of hydrogen-bond donors (Lipinski definition) is 1. The van der Waals surface area contributed by atoms with Crippen LogP contribution in [0.5, 0.6) is 0 Å². The van der Waals surface area contributed by atoms with E-state index in [2.05, 4.69) is 11.9 Å². The highest BCUT2D eigenvalue weighted by Crippen LogP contribution is 2.32. The van der Waals surface area contributed by atoms with Crippen molar-refractivity contribution in [1.82, 2.24) is 14.9 Å². The zero-order valence-electron chi connectivity index (χ0n) is 17.7. The third-order valence-electron chi connectivity index (χ3n) is 5.64. The van der Waals surface area contributed by atoms with Gasteiger partial charge in [0.2, 0.25) is 5.91 Å². The van der Waals surface area contributed by atoms with Crippen molar-refractivity contribution < 1.29 is 4.79 Å². The van der Waals surface area contributed by atoms with Gasteiger partial charge in [0.25, 0.3) is 5.56 Å². The summed E-state index contributed by atoms with van der Waals surface area (Å²) in [6, 6.07) is 8.44. The Hall–Kier alpha value is -2.38. The van der Waals surface area contributed by atoms with Gasteiger partial charge in [-0.05, 0) is 25.3 Å². The molecule has 2 aromatic heterocycles. The van der Waals surface area contributed by atoms with Gasteiger partial charge in [0.05, 0.1) is 11.1 Å². The largest absolute Gasteiger partial charge is 0.353 e. The van der Waals surface area contributed by atoms with Gasteiger partial charge in [-0.1, -0.05) is 66.9 Å². The average molecular weight is 454 g/mol. The van der Waals surface area contributed by atoms with E-state index in [0.717, 1.165) is 24.0 Å². The number of nitrogens with zero attached hydrogens (tertiary/aromatic N) is 2.